The number of nitrogen functional groups attached to an aromatic ring is 1. The number of rotatable bonds is 5. The summed E-state index contributed by atoms with van der Waals surface area (Å²) < 4.78 is 20.8. The summed E-state index contributed by atoms with van der Waals surface area (Å²) in [5, 5.41) is 0. The first-order valence-electron chi connectivity index (χ1n) is 6.27. The normalized spacial score (nSPS) is 10.2. The quantitative estimate of drug-likeness (QED) is 0.843. The summed E-state index contributed by atoms with van der Waals surface area (Å²) in [6, 6.07) is 5.21. The lowest BCUT2D eigenvalue weighted by Crippen LogP contribution is -2.07. The van der Waals surface area contributed by atoms with Crippen molar-refractivity contribution in [3.8, 4) is 23.0 Å². The van der Waals surface area contributed by atoms with Gasteiger partial charge in [0.05, 0.1) is 20.8 Å². The van der Waals surface area contributed by atoms with Gasteiger partial charge in [0.2, 0.25) is 17.5 Å². The Morgan fingerprint density at radius 1 is 1.29 bits per heavy atom. The summed E-state index contributed by atoms with van der Waals surface area (Å²) in [6.07, 6.45) is 0. The van der Waals surface area contributed by atoms with Crippen molar-refractivity contribution in [3.63, 3.8) is 0 Å². The van der Waals surface area contributed by atoms with Crippen molar-refractivity contribution in [2.45, 2.75) is 6.92 Å². The molecule has 2 rings (SSSR count). The van der Waals surface area contributed by atoms with E-state index in [1.807, 2.05) is 0 Å². The van der Waals surface area contributed by atoms with Crippen LogP contribution < -0.4 is 15.2 Å². The number of carbonyl (C=O) groups is 1. The molecule has 0 unspecified atom stereocenters. The average molecular weight is 292 g/mol. The van der Waals surface area contributed by atoms with Gasteiger partial charge < -0.3 is 24.4 Å². The zero-order valence-corrected chi connectivity index (χ0v) is 12.0. The van der Waals surface area contributed by atoms with E-state index in [1.54, 1.807) is 25.1 Å². The fourth-order valence-corrected chi connectivity index (χ4v) is 1.85. The van der Waals surface area contributed by atoms with Gasteiger partial charge in [-0.1, -0.05) is 6.07 Å². The molecule has 0 saturated heterocycles. The van der Waals surface area contributed by atoms with Crippen LogP contribution in [0.4, 0.5) is 5.88 Å². The van der Waals surface area contributed by atoms with Gasteiger partial charge in [-0.2, -0.15) is 4.98 Å². The van der Waals surface area contributed by atoms with E-state index in [0.29, 0.717) is 17.1 Å². The van der Waals surface area contributed by atoms with Gasteiger partial charge in [0.1, 0.15) is 17.1 Å². The van der Waals surface area contributed by atoms with Crippen LogP contribution in [0.15, 0.2) is 22.6 Å². The summed E-state index contributed by atoms with van der Waals surface area (Å²) in [7, 11) is 3.02. The molecule has 7 nitrogen and oxygen atoms in total. The zero-order chi connectivity index (χ0) is 15.4. The van der Waals surface area contributed by atoms with Crippen LogP contribution in [0.2, 0.25) is 0 Å². The largest absolute Gasteiger partial charge is 0.496 e. The molecule has 0 atom stereocenters. The molecule has 2 aromatic rings. The number of hydrogen-bond acceptors (Lipinski definition) is 7. The number of ether oxygens (including phenoxy) is 3. The Balaban J connectivity index is 2.53. The van der Waals surface area contributed by atoms with Gasteiger partial charge in [0, 0.05) is 0 Å². The maximum absolute atomic E-state index is 11.7. The zero-order valence-electron chi connectivity index (χ0n) is 12.0. The second kappa shape index (κ2) is 6.17. The van der Waals surface area contributed by atoms with Crippen molar-refractivity contribution in [2.75, 3.05) is 26.6 Å². The van der Waals surface area contributed by atoms with Crippen LogP contribution in [0.5, 0.6) is 11.5 Å². The number of esters is 1. The van der Waals surface area contributed by atoms with Crippen LogP contribution in [0.25, 0.3) is 11.5 Å². The van der Waals surface area contributed by atoms with Crippen molar-refractivity contribution in [3.05, 3.63) is 23.9 Å². The van der Waals surface area contributed by atoms with Crippen LogP contribution in [-0.4, -0.2) is 31.8 Å². The van der Waals surface area contributed by atoms with Gasteiger partial charge in [0.15, 0.2) is 0 Å². The predicted molar refractivity (Wildman–Crippen MR) is 75.4 cm³/mol. The number of benzene rings is 1. The molecular weight excluding hydrogens is 276 g/mol. The Morgan fingerprint density at radius 2 is 1.90 bits per heavy atom. The van der Waals surface area contributed by atoms with E-state index in [4.69, 9.17) is 24.4 Å². The van der Waals surface area contributed by atoms with Crippen molar-refractivity contribution in [1.82, 2.24) is 4.98 Å². The maximum atomic E-state index is 11.7. The Kier molecular flexibility index (Phi) is 4.32. The number of oxazole rings is 1. The Hall–Kier alpha value is -2.70. The van der Waals surface area contributed by atoms with Crippen LogP contribution in [0, 0.1) is 0 Å². The smallest absolute Gasteiger partial charge is 0.362 e. The number of carbonyl (C=O) groups excluding carboxylic acids is 1. The minimum Gasteiger partial charge on any atom is -0.496 e. The summed E-state index contributed by atoms with van der Waals surface area (Å²) in [6.45, 7) is 1.91. The van der Waals surface area contributed by atoms with E-state index in [0.717, 1.165) is 0 Å². The SMILES string of the molecule is CCOC(=O)c1nc(-c2c(OC)cccc2OC)oc1N. The highest BCUT2D eigenvalue weighted by atomic mass is 16.5. The molecule has 112 valence electrons. The van der Waals surface area contributed by atoms with E-state index in [-0.39, 0.29) is 24.1 Å². The molecule has 0 aliphatic heterocycles. The van der Waals surface area contributed by atoms with Crippen LogP contribution in [0.3, 0.4) is 0 Å². The van der Waals surface area contributed by atoms with E-state index in [2.05, 4.69) is 4.98 Å². The lowest BCUT2D eigenvalue weighted by molar-refractivity contribution is 0.0521. The molecule has 0 bridgehead atoms. The van der Waals surface area contributed by atoms with E-state index in [1.165, 1.54) is 14.2 Å². The number of nitrogens with zero attached hydrogens (tertiary/aromatic N) is 1. The molecule has 1 heterocycles. The lowest BCUT2D eigenvalue weighted by atomic mass is 10.1. The molecule has 0 fully saturated rings. The van der Waals surface area contributed by atoms with E-state index >= 15 is 0 Å². The average Bonchev–Trinajstić information content (AvgIpc) is 2.88. The minimum absolute atomic E-state index is 0.0696. The molecular formula is C14H16N2O5. The van der Waals surface area contributed by atoms with Crippen molar-refractivity contribution < 1.29 is 23.4 Å². The van der Waals surface area contributed by atoms with Gasteiger partial charge in [-0.05, 0) is 19.1 Å². The van der Waals surface area contributed by atoms with Crippen LogP contribution in [0.1, 0.15) is 17.4 Å². The number of nitrogens with two attached hydrogens (primary N) is 1. The predicted octanol–water partition coefficient (Wildman–Crippen LogP) is 2.12. The third-order valence-electron chi connectivity index (χ3n) is 2.76. The van der Waals surface area contributed by atoms with Crippen LogP contribution >= 0.6 is 0 Å². The molecule has 0 amide bonds. The van der Waals surface area contributed by atoms with Crippen molar-refractivity contribution >= 4 is 11.9 Å². The first-order chi connectivity index (χ1) is 10.1. The fraction of sp³-hybridized carbons (Fsp3) is 0.286. The van der Waals surface area contributed by atoms with Crippen LogP contribution in [-0.2, 0) is 4.74 Å². The Labute approximate surface area is 121 Å². The van der Waals surface area contributed by atoms with Gasteiger partial charge >= 0.3 is 5.97 Å². The van der Waals surface area contributed by atoms with Gasteiger partial charge in [-0.15, -0.1) is 0 Å². The molecule has 1 aromatic heterocycles. The highest BCUT2D eigenvalue weighted by molar-refractivity contribution is 5.92. The number of methoxy groups -OCH3 is 2. The molecule has 0 radical (unpaired) electrons. The molecule has 7 heteroatoms. The summed E-state index contributed by atoms with van der Waals surface area (Å²) in [5.41, 5.74) is 6.09. The second-order valence-electron chi connectivity index (χ2n) is 3.99. The Bertz CT molecular complexity index is 629. The molecule has 21 heavy (non-hydrogen) atoms. The molecule has 0 aliphatic carbocycles. The number of anilines is 1. The minimum atomic E-state index is -0.640. The van der Waals surface area contributed by atoms with Gasteiger partial charge in [-0.3, -0.25) is 0 Å². The van der Waals surface area contributed by atoms with E-state index in [9.17, 15) is 4.79 Å². The highest BCUT2D eigenvalue weighted by Crippen LogP contribution is 2.38. The molecule has 0 spiro atoms. The molecule has 0 saturated carbocycles. The standard InChI is InChI=1S/C14H16N2O5/c1-4-20-14(17)11-12(15)21-13(16-11)10-8(18-2)6-5-7-9(10)19-3/h5-7H,4,15H2,1-3H3. The number of aromatic nitrogens is 1. The van der Waals surface area contributed by atoms with Crippen molar-refractivity contribution in [1.29, 1.82) is 0 Å². The monoisotopic (exact) mass is 292 g/mol. The van der Waals surface area contributed by atoms with Gasteiger partial charge in [0.25, 0.3) is 0 Å². The second-order valence-corrected chi connectivity index (χ2v) is 3.99. The Morgan fingerprint density at radius 3 is 2.43 bits per heavy atom. The van der Waals surface area contributed by atoms with E-state index < -0.39 is 5.97 Å². The third kappa shape index (κ3) is 2.76. The topological polar surface area (TPSA) is 96.8 Å². The highest BCUT2D eigenvalue weighted by Gasteiger charge is 2.24. The lowest BCUT2D eigenvalue weighted by Gasteiger charge is -2.09. The first-order valence-corrected chi connectivity index (χ1v) is 6.27. The molecule has 0 aliphatic rings. The third-order valence-corrected chi connectivity index (χ3v) is 2.76. The number of hydrogen-bond donors (Lipinski definition) is 1. The summed E-state index contributed by atoms with van der Waals surface area (Å²) in [4.78, 5) is 15.8. The first kappa shape index (κ1) is 14.7. The molecule has 1 aromatic carbocycles. The maximum Gasteiger partial charge on any atom is 0.362 e. The summed E-state index contributed by atoms with van der Waals surface area (Å²) >= 11 is 0. The van der Waals surface area contributed by atoms with Crippen molar-refractivity contribution in [2.24, 2.45) is 0 Å². The van der Waals surface area contributed by atoms with Gasteiger partial charge in [-0.25, -0.2) is 4.79 Å². The summed E-state index contributed by atoms with van der Waals surface area (Å²) in [5.74, 6) is 0.358. The molecule has 2 N–H and O–H groups in total. The fourth-order valence-electron chi connectivity index (χ4n) is 1.85.